The van der Waals surface area contributed by atoms with Crippen molar-refractivity contribution in [3.05, 3.63) is 58.2 Å². The Morgan fingerprint density at radius 3 is 2.49 bits per heavy atom. The molecule has 1 aliphatic heterocycles. The predicted octanol–water partition coefficient (Wildman–Crippen LogP) is 4.58. The van der Waals surface area contributed by atoms with Crippen LogP contribution >= 0.6 is 0 Å². The molecule has 8 heteroatoms. The Bertz CT molecular complexity index is 1150. The molecule has 1 heterocycles. The summed E-state index contributed by atoms with van der Waals surface area (Å²) in [4.78, 5) is 11.0. The average Bonchev–Trinajstić information content (AvgIpc) is 3.02. The summed E-state index contributed by atoms with van der Waals surface area (Å²) in [7, 11) is 0. The van der Waals surface area contributed by atoms with Crippen LogP contribution in [0.3, 0.4) is 0 Å². The molecule has 0 unspecified atom stereocenters. The summed E-state index contributed by atoms with van der Waals surface area (Å²) >= 11 is 0. The molecule has 45 heavy (non-hydrogen) atoms. The highest BCUT2D eigenvalue weighted by Crippen LogP contribution is 2.28. The third-order valence-corrected chi connectivity index (χ3v) is 8.69. The number of carboxylic acids is 1. The van der Waals surface area contributed by atoms with E-state index in [1.165, 1.54) is 0 Å². The van der Waals surface area contributed by atoms with Gasteiger partial charge in [-0.25, -0.2) is 0 Å². The number of unbranched alkanes of at least 4 members (excludes halogenated alkanes) is 4. The minimum absolute atomic E-state index is 0.140. The standard InChI is InChI=1S/C37H57NO7/c1-4-6-18-35(42)36(43)23-22-29-21-20-28-14-11-13-27(5-2)31(28)15-12-17-33(26(3)40)38-34(32(29)24-30(41)25-39)16-9-7-8-10-19-37(44)45/h11,13-14,22-23,26,30,33-36,38-43H,4-10,16-21,24-25H2,1-3H3,(H,44,45)/t26-,30-,33+,34+,35-,36+/m0/s1. The summed E-state index contributed by atoms with van der Waals surface area (Å²) in [6.07, 6.45) is 8.59. The second-order valence-electron chi connectivity index (χ2n) is 12.4. The zero-order valence-electron chi connectivity index (χ0n) is 27.5. The number of aliphatic hydroxyl groups is 5. The third kappa shape index (κ3) is 13.8. The molecule has 0 bridgehead atoms. The average molecular weight is 628 g/mol. The van der Waals surface area contributed by atoms with Crippen LogP contribution in [-0.4, -0.2) is 79.7 Å². The molecular weight excluding hydrogens is 570 g/mol. The number of nitrogens with one attached hydrogen (secondary N) is 1. The van der Waals surface area contributed by atoms with Crippen LogP contribution in [0.4, 0.5) is 0 Å². The van der Waals surface area contributed by atoms with Crippen LogP contribution in [0.15, 0.2) is 41.5 Å². The quantitative estimate of drug-likeness (QED) is 0.0924. The Morgan fingerprint density at radius 2 is 1.82 bits per heavy atom. The summed E-state index contributed by atoms with van der Waals surface area (Å²) in [5.74, 6) is 5.92. The molecular formula is C37H57NO7. The van der Waals surface area contributed by atoms with Crippen LogP contribution in [0, 0.1) is 11.8 Å². The molecule has 8 nitrogen and oxygen atoms in total. The molecule has 0 aromatic heterocycles. The number of aryl methyl sites for hydroxylation is 2. The van der Waals surface area contributed by atoms with E-state index in [0.717, 1.165) is 66.4 Å². The second kappa shape index (κ2) is 21.3. The Morgan fingerprint density at radius 1 is 1.07 bits per heavy atom. The van der Waals surface area contributed by atoms with Gasteiger partial charge in [0.2, 0.25) is 0 Å². The van der Waals surface area contributed by atoms with Crippen LogP contribution in [0.2, 0.25) is 0 Å². The molecule has 0 saturated heterocycles. The maximum Gasteiger partial charge on any atom is 0.303 e. The molecule has 1 aromatic rings. The number of hydrogen-bond acceptors (Lipinski definition) is 7. The van der Waals surface area contributed by atoms with Gasteiger partial charge in [-0.05, 0) is 74.1 Å². The fourth-order valence-electron chi connectivity index (χ4n) is 5.89. The molecule has 252 valence electrons. The summed E-state index contributed by atoms with van der Waals surface area (Å²) in [6, 6.07) is 5.58. The van der Waals surface area contributed by atoms with E-state index < -0.39 is 37.0 Å². The first-order valence-corrected chi connectivity index (χ1v) is 16.9. The summed E-state index contributed by atoms with van der Waals surface area (Å²) < 4.78 is 0. The number of carbonyl (C=O) groups is 1. The van der Waals surface area contributed by atoms with E-state index in [-0.39, 0.29) is 24.9 Å². The van der Waals surface area contributed by atoms with Crippen LogP contribution < -0.4 is 5.32 Å². The molecule has 0 amide bonds. The smallest absolute Gasteiger partial charge is 0.303 e. The lowest BCUT2D eigenvalue weighted by atomic mass is 9.86. The number of rotatable bonds is 18. The molecule has 2 rings (SSSR count). The zero-order valence-corrected chi connectivity index (χ0v) is 27.5. The minimum atomic E-state index is -1.05. The van der Waals surface area contributed by atoms with Crippen molar-refractivity contribution in [1.29, 1.82) is 0 Å². The Hall–Kier alpha value is -2.51. The van der Waals surface area contributed by atoms with E-state index in [1.54, 1.807) is 13.0 Å². The van der Waals surface area contributed by atoms with E-state index in [4.69, 9.17) is 5.11 Å². The van der Waals surface area contributed by atoms with E-state index in [9.17, 15) is 30.3 Å². The lowest BCUT2D eigenvalue weighted by Gasteiger charge is -2.31. The first-order valence-electron chi connectivity index (χ1n) is 16.9. The van der Waals surface area contributed by atoms with Crippen molar-refractivity contribution in [2.75, 3.05) is 6.61 Å². The van der Waals surface area contributed by atoms with Crippen molar-refractivity contribution in [2.45, 2.75) is 147 Å². The minimum Gasteiger partial charge on any atom is -0.481 e. The van der Waals surface area contributed by atoms with Gasteiger partial charge in [-0.3, -0.25) is 4.79 Å². The van der Waals surface area contributed by atoms with Gasteiger partial charge in [0.05, 0.1) is 31.0 Å². The number of carboxylic acid groups (broad SMARTS) is 1. The fourth-order valence-corrected chi connectivity index (χ4v) is 5.89. The van der Waals surface area contributed by atoms with Gasteiger partial charge in [-0.15, -0.1) is 0 Å². The molecule has 0 aliphatic carbocycles. The molecule has 0 fully saturated rings. The molecule has 6 atom stereocenters. The van der Waals surface area contributed by atoms with Crippen molar-refractivity contribution in [2.24, 2.45) is 0 Å². The first-order chi connectivity index (χ1) is 21.6. The third-order valence-electron chi connectivity index (χ3n) is 8.69. The number of hydrogen-bond donors (Lipinski definition) is 7. The normalized spacial score (nSPS) is 20.4. The van der Waals surface area contributed by atoms with Gasteiger partial charge < -0.3 is 36.0 Å². The monoisotopic (exact) mass is 627 g/mol. The zero-order chi connectivity index (χ0) is 33.2. The van der Waals surface area contributed by atoms with E-state index in [0.29, 0.717) is 38.5 Å². The molecule has 0 saturated carbocycles. The number of aliphatic carboxylic acids is 1. The topological polar surface area (TPSA) is 150 Å². The summed E-state index contributed by atoms with van der Waals surface area (Å²) in [5.41, 5.74) is 5.05. The van der Waals surface area contributed by atoms with Crippen LogP contribution in [-0.2, 0) is 17.6 Å². The Kier molecular flexibility index (Phi) is 18.3. The molecule has 1 aliphatic rings. The van der Waals surface area contributed by atoms with Crippen molar-refractivity contribution >= 4 is 5.97 Å². The lowest BCUT2D eigenvalue weighted by molar-refractivity contribution is -0.137. The van der Waals surface area contributed by atoms with Gasteiger partial charge in [-0.2, -0.15) is 0 Å². The Balaban J connectivity index is 2.62. The van der Waals surface area contributed by atoms with E-state index in [1.807, 2.05) is 19.1 Å². The Labute approximate surface area is 270 Å². The van der Waals surface area contributed by atoms with Gasteiger partial charge in [-0.1, -0.05) is 88.1 Å². The number of aliphatic hydroxyl groups excluding tert-OH is 5. The highest BCUT2D eigenvalue weighted by Gasteiger charge is 2.26. The van der Waals surface area contributed by atoms with Crippen LogP contribution in [0.5, 0.6) is 0 Å². The highest BCUT2D eigenvalue weighted by atomic mass is 16.4. The van der Waals surface area contributed by atoms with Gasteiger partial charge in [0, 0.05) is 30.5 Å². The van der Waals surface area contributed by atoms with Crippen molar-refractivity contribution in [3.8, 4) is 11.8 Å². The summed E-state index contributed by atoms with van der Waals surface area (Å²) in [6.45, 7) is 5.47. The van der Waals surface area contributed by atoms with Crippen LogP contribution in [0.25, 0.3) is 0 Å². The number of allylic oxidation sites excluding steroid dienone is 2. The molecule has 0 spiro atoms. The number of fused-ring (bicyclic) bond motifs is 1. The van der Waals surface area contributed by atoms with Crippen molar-refractivity contribution in [3.63, 3.8) is 0 Å². The van der Waals surface area contributed by atoms with Crippen LogP contribution in [0.1, 0.15) is 115 Å². The maximum atomic E-state index is 11.0. The first kappa shape index (κ1) is 38.7. The lowest BCUT2D eigenvalue weighted by Crippen LogP contribution is -2.46. The number of benzene rings is 1. The fraction of sp³-hybridized carbons (Fsp3) is 0.649. The van der Waals surface area contributed by atoms with Gasteiger partial charge >= 0.3 is 5.97 Å². The largest absolute Gasteiger partial charge is 0.481 e. The van der Waals surface area contributed by atoms with Gasteiger partial charge in [0.25, 0.3) is 0 Å². The molecule has 7 N–H and O–H groups in total. The van der Waals surface area contributed by atoms with Crippen molar-refractivity contribution < 1.29 is 35.4 Å². The maximum absolute atomic E-state index is 11.0. The van der Waals surface area contributed by atoms with Gasteiger partial charge in [0.15, 0.2) is 0 Å². The molecule has 1 aromatic carbocycles. The SMILES string of the molecule is CCCC[C@H](O)[C@H](O)C=CC1=C(C[C@H](O)CO)[C@@H](CCCCCCC(=O)O)N[C@@H]([C@H](C)O)CC#Cc2c(CC)cccc2CC1. The van der Waals surface area contributed by atoms with E-state index >= 15 is 0 Å². The predicted molar refractivity (Wildman–Crippen MR) is 179 cm³/mol. The highest BCUT2D eigenvalue weighted by molar-refractivity contribution is 5.66. The van der Waals surface area contributed by atoms with Crippen molar-refractivity contribution in [1.82, 2.24) is 5.32 Å². The van der Waals surface area contributed by atoms with E-state index in [2.05, 4.69) is 36.2 Å². The summed E-state index contributed by atoms with van der Waals surface area (Å²) in [5, 5.41) is 65.4. The second-order valence-corrected chi connectivity index (χ2v) is 12.4. The molecule has 0 radical (unpaired) electrons. The van der Waals surface area contributed by atoms with Gasteiger partial charge in [0.1, 0.15) is 0 Å².